The third-order valence-electron chi connectivity index (χ3n) is 5.69. The van der Waals surface area contributed by atoms with Crippen molar-refractivity contribution in [3.05, 3.63) is 65.2 Å². The van der Waals surface area contributed by atoms with Crippen molar-refractivity contribution in [1.29, 1.82) is 0 Å². The number of halogens is 3. The summed E-state index contributed by atoms with van der Waals surface area (Å²) >= 11 is 0. The van der Waals surface area contributed by atoms with Crippen LogP contribution in [0.4, 0.5) is 13.2 Å². The van der Waals surface area contributed by atoms with E-state index in [0.717, 1.165) is 17.0 Å². The van der Waals surface area contributed by atoms with Crippen LogP contribution in [0.25, 0.3) is 0 Å². The van der Waals surface area contributed by atoms with Gasteiger partial charge >= 0.3 is 12.1 Å². The fourth-order valence-electron chi connectivity index (χ4n) is 4.09. The molecular weight excluding hydrogens is 477 g/mol. The van der Waals surface area contributed by atoms with Crippen molar-refractivity contribution in [1.82, 2.24) is 9.21 Å². The van der Waals surface area contributed by atoms with E-state index in [-0.39, 0.29) is 43.7 Å². The van der Waals surface area contributed by atoms with Crippen molar-refractivity contribution >= 4 is 27.8 Å². The first-order valence-corrected chi connectivity index (χ1v) is 11.8. The minimum absolute atomic E-state index is 0.0687. The topological polar surface area (TPSA) is 101 Å². The number of imide groups is 1. The van der Waals surface area contributed by atoms with Crippen LogP contribution in [0.5, 0.6) is 0 Å². The number of esters is 1. The van der Waals surface area contributed by atoms with Gasteiger partial charge in [-0.15, -0.1) is 0 Å². The second-order valence-corrected chi connectivity index (χ2v) is 9.60. The number of fused-ring (bicyclic) bond motifs is 1. The van der Waals surface area contributed by atoms with Gasteiger partial charge < -0.3 is 4.74 Å². The molecule has 2 aromatic carbocycles. The van der Waals surface area contributed by atoms with E-state index < -0.39 is 50.5 Å². The Morgan fingerprint density at radius 3 is 2.21 bits per heavy atom. The summed E-state index contributed by atoms with van der Waals surface area (Å²) in [5, 5.41) is 0. The maximum Gasteiger partial charge on any atom is 0.417 e. The Hall–Kier alpha value is -3.25. The molecule has 12 heteroatoms. The lowest BCUT2D eigenvalue weighted by Gasteiger charge is -2.24. The van der Waals surface area contributed by atoms with Gasteiger partial charge in [0.25, 0.3) is 11.8 Å². The number of hydrogen-bond donors (Lipinski definition) is 0. The number of benzene rings is 2. The number of ether oxygens (including phenoxy) is 1. The van der Waals surface area contributed by atoms with Gasteiger partial charge in [0.1, 0.15) is 12.6 Å². The number of hydrogen-bond acceptors (Lipinski definition) is 6. The fraction of sp³-hybridized carbons (Fsp3) is 0.318. The lowest BCUT2D eigenvalue weighted by molar-refractivity contribution is -0.147. The molecule has 0 spiro atoms. The maximum atomic E-state index is 13.4. The zero-order valence-electron chi connectivity index (χ0n) is 17.6. The summed E-state index contributed by atoms with van der Waals surface area (Å²) in [7, 11) is -4.65. The molecule has 1 unspecified atom stereocenters. The molecule has 2 aromatic rings. The van der Waals surface area contributed by atoms with Crippen LogP contribution >= 0.6 is 0 Å². The second-order valence-electron chi connectivity index (χ2n) is 7.74. The molecule has 0 radical (unpaired) electrons. The number of carbonyl (C=O) groups is 3. The van der Waals surface area contributed by atoms with Gasteiger partial charge in [-0.3, -0.25) is 19.3 Å². The highest BCUT2D eigenvalue weighted by atomic mass is 32.2. The van der Waals surface area contributed by atoms with E-state index in [1.807, 2.05) is 0 Å². The average Bonchev–Trinajstić information content (AvgIpc) is 3.39. The first-order chi connectivity index (χ1) is 16.0. The van der Waals surface area contributed by atoms with Gasteiger partial charge in [-0.25, -0.2) is 8.42 Å². The molecule has 0 saturated carbocycles. The van der Waals surface area contributed by atoms with E-state index in [2.05, 4.69) is 0 Å². The average molecular weight is 496 g/mol. The summed E-state index contributed by atoms with van der Waals surface area (Å²) < 4.78 is 72.0. The highest BCUT2D eigenvalue weighted by Gasteiger charge is 2.44. The van der Waals surface area contributed by atoms with E-state index in [1.54, 1.807) is 12.1 Å². The molecule has 8 nitrogen and oxygen atoms in total. The van der Waals surface area contributed by atoms with Gasteiger partial charge in [-0.2, -0.15) is 17.5 Å². The number of carbonyl (C=O) groups excluding carboxylic acids is 3. The highest BCUT2D eigenvalue weighted by Crippen LogP contribution is 2.37. The Morgan fingerprint density at radius 1 is 1.00 bits per heavy atom. The summed E-state index contributed by atoms with van der Waals surface area (Å²) in [4.78, 5) is 37.4. The molecule has 0 N–H and O–H groups in total. The predicted octanol–water partition coefficient (Wildman–Crippen LogP) is 2.70. The van der Waals surface area contributed by atoms with Crippen LogP contribution in [0, 0.1) is 0 Å². The van der Waals surface area contributed by atoms with Gasteiger partial charge in [-0.1, -0.05) is 24.3 Å². The maximum absolute atomic E-state index is 13.4. The van der Waals surface area contributed by atoms with Crippen molar-refractivity contribution in [2.45, 2.75) is 30.0 Å². The largest absolute Gasteiger partial charge is 0.463 e. The third-order valence-corrected chi connectivity index (χ3v) is 7.66. The standard InChI is InChI=1S/C22H19F3N2O6S/c23-22(24,25)16-8-3-4-10-18(16)34(31,32)27-11-5-9-17(27)21(30)33-13-12-26-19(28)14-6-1-2-7-15(14)20(26)29/h1-4,6-8,10,17H,5,9,11-13H2. The normalized spacial score (nSPS) is 18.9. The van der Waals surface area contributed by atoms with Crippen LogP contribution < -0.4 is 0 Å². The molecule has 180 valence electrons. The van der Waals surface area contributed by atoms with Gasteiger partial charge in [0, 0.05) is 6.54 Å². The quantitative estimate of drug-likeness (QED) is 0.450. The first kappa shape index (κ1) is 23.9. The summed E-state index contributed by atoms with van der Waals surface area (Å²) in [5.74, 6) is -2.03. The molecule has 1 saturated heterocycles. The second kappa shape index (κ2) is 8.84. The Kier molecular flexibility index (Phi) is 6.21. The molecule has 1 atom stereocenters. The number of sulfonamides is 1. The molecule has 34 heavy (non-hydrogen) atoms. The number of nitrogens with zero attached hydrogens (tertiary/aromatic N) is 2. The number of alkyl halides is 3. The minimum Gasteiger partial charge on any atom is -0.463 e. The summed E-state index contributed by atoms with van der Waals surface area (Å²) in [5.41, 5.74) is -0.856. The number of rotatable bonds is 6. The Balaban J connectivity index is 1.45. The minimum atomic E-state index is -4.90. The molecule has 2 aliphatic rings. The SMILES string of the molecule is O=C(OCCN1C(=O)c2ccccc2C1=O)C1CCCN1S(=O)(=O)c1ccccc1C(F)(F)F. The Morgan fingerprint density at radius 2 is 1.59 bits per heavy atom. The Bertz CT molecular complexity index is 1230. The fourth-order valence-corrected chi connectivity index (χ4v) is 5.95. The Labute approximate surface area is 193 Å². The molecule has 4 rings (SSSR count). The van der Waals surface area contributed by atoms with E-state index >= 15 is 0 Å². The lowest BCUT2D eigenvalue weighted by atomic mass is 10.1. The molecule has 0 aliphatic carbocycles. The predicted molar refractivity (Wildman–Crippen MR) is 111 cm³/mol. The monoisotopic (exact) mass is 496 g/mol. The van der Waals surface area contributed by atoms with Gasteiger partial charge in [0.2, 0.25) is 10.0 Å². The van der Waals surface area contributed by atoms with Crippen LogP contribution in [0.3, 0.4) is 0 Å². The van der Waals surface area contributed by atoms with Gasteiger partial charge in [0.05, 0.1) is 28.1 Å². The first-order valence-electron chi connectivity index (χ1n) is 10.3. The highest BCUT2D eigenvalue weighted by molar-refractivity contribution is 7.89. The molecule has 2 amide bonds. The molecular formula is C22H19F3N2O6S. The zero-order valence-corrected chi connectivity index (χ0v) is 18.4. The zero-order chi connectivity index (χ0) is 24.7. The molecule has 2 aliphatic heterocycles. The van der Waals surface area contributed by atoms with Gasteiger partial charge in [0.15, 0.2) is 0 Å². The van der Waals surface area contributed by atoms with Crippen LogP contribution in [0.15, 0.2) is 53.4 Å². The van der Waals surface area contributed by atoms with Crippen LogP contribution in [0.2, 0.25) is 0 Å². The summed E-state index contributed by atoms with van der Waals surface area (Å²) in [6.45, 7) is -0.769. The summed E-state index contributed by atoms with van der Waals surface area (Å²) in [6, 6.07) is 8.68. The lowest BCUT2D eigenvalue weighted by Crippen LogP contribution is -2.42. The van der Waals surface area contributed by atoms with Crippen molar-refractivity contribution < 1.29 is 40.7 Å². The van der Waals surface area contributed by atoms with Gasteiger partial charge in [-0.05, 0) is 37.1 Å². The van der Waals surface area contributed by atoms with E-state index in [9.17, 15) is 36.0 Å². The molecule has 0 aromatic heterocycles. The van der Waals surface area contributed by atoms with E-state index in [1.165, 1.54) is 18.2 Å². The van der Waals surface area contributed by atoms with Crippen LogP contribution in [-0.2, 0) is 25.7 Å². The van der Waals surface area contributed by atoms with Crippen molar-refractivity contribution in [2.75, 3.05) is 19.7 Å². The molecule has 2 heterocycles. The van der Waals surface area contributed by atoms with Crippen molar-refractivity contribution in [3.8, 4) is 0 Å². The van der Waals surface area contributed by atoms with Crippen molar-refractivity contribution in [3.63, 3.8) is 0 Å². The van der Waals surface area contributed by atoms with Crippen LogP contribution in [0.1, 0.15) is 39.1 Å². The third kappa shape index (κ3) is 4.18. The molecule has 1 fully saturated rings. The van der Waals surface area contributed by atoms with Crippen LogP contribution in [-0.4, -0.2) is 61.1 Å². The number of amides is 2. The summed E-state index contributed by atoms with van der Waals surface area (Å²) in [6.07, 6.45) is -4.57. The van der Waals surface area contributed by atoms with E-state index in [0.29, 0.717) is 10.4 Å². The van der Waals surface area contributed by atoms with E-state index in [4.69, 9.17) is 4.74 Å². The smallest absolute Gasteiger partial charge is 0.417 e. The van der Waals surface area contributed by atoms with Crippen molar-refractivity contribution in [2.24, 2.45) is 0 Å². The molecule has 0 bridgehead atoms.